The topological polar surface area (TPSA) is 162 Å². The summed E-state index contributed by atoms with van der Waals surface area (Å²) in [6, 6.07) is 9.00. The predicted molar refractivity (Wildman–Crippen MR) is 152 cm³/mol. The van der Waals surface area contributed by atoms with Crippen LogP contribution in [-0.2, 0) is 29.1 Å². The van der Waals surface area contributed by atoms with Crippen molar-refractivity contribution in [2.75, 3.05) is 18.8 Å². The van der Waals surface area contributed by atoms with Gasteiger partial charge in [0.1, 0.15) is 18.1 Å². The second kappa shape index (κ2) is 12.4. The number of carbonyl (C=O) groups excluding carboxylic acids is 4. The number of benzene rings is 2. The SMILES string of the molecule is CCCS(=O)(=O)N1C[C@@H]2CCCC[C@H](NC(=O)c3cccc4ccccc34)C(=O)N2[C@H](C(=O)NC2CC(=O)OC2O)C1. The fraction of sp³-hybridized carbons (Fsp3) is 0.517. The fourth-order valence-corrected chi connectivity index (χ4v) is 7.63. The van der Waals surface area contributed by atoms with Crippen LogP contribution in [0.3, 0.4) is 0 Å². The summed E-state index contributed by atoms with van der Waals surface area (Å²) in [5.41, 5.74) is 0.421. The highest BCUT2D eigenvalue weighted by Gasteiger charge is 2.47. The van der Waals surface area contributed by atoms with E-state index in [1.807, 2.05) is 30.3 Å². The summed E-state index contributed by atoms with van der Waals surface area (Å²) in [6.07, 6.45) is 0.714. The number of rotatable bonds is 7. The summed E-state index contributed by atoms with van der Waals surface area (Å²) in [4.78, 5) is 54.3. The minimum absolute atomic E-state index is 0.0372. The van der Waals surface area contributed by atoms with Gasteiger partial charge in [-0.25, -0.2) is 8.42 Å². The first-order valence-corrected chi connectivity index (χ1v) is 16.0. The first kappa shape index (κ1) is 29.9. The lowest BCUT2D eigenvalue weighted by atomic mass is 9.94. The van der Waals surface area contributed by atoms with E-state index in [2.05, 4.69) is 10.6 Å². The van der Waals surface area contributed by atoms with E-state index in [1.54, 1.807) is 19.1 Å². The van der Waals surface area contributed by atoms with Gasteiger partial charge in [-0.05, 0) is 36.1 Å². The van der Waals surface area contributed by atoms with E-state index in [-0.39, 0.29) is 25.3 Å². The zero-order valence-corrected chi connectivity index (χ0v) is 24.2. The smallest absolute Gasteiger partial charge is 0.310 e. The molecular weight excluding hydrogens is 564 g/mol. The molecule has 0 aliphatic carbocycles. The van der Waals surface area contributed by atoms with Crippen molar-refractivity contribution >= 4 is 44.5 Å². The van der Waals surface area contributed by atoms with Crippen LogP contribution in [0.4, 0.5) is 0 Å². The molecule has 226 valence electrons. The lowest BCUT2D eigenvalue weighted by Crippen LogP contribution is -2.69. The van der Waals surface area contributed by atoms with Crippen LogP contribution in [0, 0.1) is 0 Å². The van der Waals surface area contributed by atoms with Crippen LogP contribution in [0.2, 0.25) is 0 Å². The van der Waals surface area contributed by atoms with Crippen LogP contribution in [0.25, 0.3) is 10.8 Å². The third-order valence-corrected chi connectivity index (χ3v) is 10.2. The first-order chi connectivity index (χ1) is 20.1. The van der Waals surface area contributed by atoms with E-state index in [1.165, 1.54) is 9.21 Å². The number of ether oxygens (including phenoxy) is 1. The predicted octanol–water partition coefficient (Wildman–Crippen LogP) is 0.884. The average Bonchev–Trinajstić information content (AvgIpc) is 3.28. The highest BCUT2D eigenvalue weighted by atomic mass is 32.2. The van der Waals surface area contributed by atoms with Gasteiger partial charge in [-0.2, -0.15) is 4.31 Å². The third kappa shape index (κ3) is 6.13. The molecule has 0 bridgehead atoms. The molecule has 2 unspecified atom stereocenters. The molecule has 3 heterocycles. The van der Waals surface area contributed by atoms with Crippen molar-refractivity contribution in [1.29, 1.82) is 0 Å². The maximum absolute atomic E-state index is 14.1. The normalized spacial score (nSPS) is 27.1. The number of nitrogens with zero attached hydrogens (tertiary/aromatic N) is 2. The Kier molecular flexibility index (Phi) is 8.81. The van der Waals surface area contributed by atoms with Crippen molar-refractivity contribution in [2.24, 2.45) is 0 Å². The minimum atomic E-state index is -3.71. The van der Waals surface area contributed by atoms with E-state index in [9.17, 15) is 32.7 Å². The number of esters is 1. The van der Waals surface area contributed by atoms with Crippen LogP contribution in [-0.4, -0.2) is 95.7 Å². The number of fused-ring (bicyclic) bond motifs is 2. The van der Waals surface area contributed by atoms with E-state index in [4.69, 9.17) is 4.74 Å². The molecule has 5 rings (SSSR count). The Morgan fingerprint density at radius 3 is 2.50 bits per heavy atom. The van der Waals surface area contributed by atoms with Crippen molar-refractivity contribution in [3.8, 4) is 0 Å². The molecule has 3 N–H and O–H groups in total. The van der Waals surface area contributed by atoms with Crippen molar-refractivity contribution in [3.05, 3.63) is 48.0 Å². The molecule has 3 aliphatic rings. The van der Waals surface area contributed by atoms with Crippen LogP contribution in [0.1, 0.15) is 55.8 Å². The molecule has 5 atom stereocenters. The van der Waals surface area contributed by atoms with Crippen molar-refractivity contribution in [1.82, 2.24) is 19.8 Å². The van der Waals surface area contributed by atoms with Crippen LogP contribution < -0.4 is 10.6 Å². The lowest BCUT2D eigenvalue weighted by Gasteiger charge is -2.47. The number of cyclic esters (lactones) is 1. The number of hydrogen-bond donors (Lipinski definition) is 3. The highest BCUT2D eigenvalue weighted by molar-refractivity contribution is 7.89. The molecule has 3 amide bonds. The Labute approximate surface area is 244 Å². The molecule has 0 aromatic heterocycles. The van der Waals surface area contributed by atoms with Gasteiger partial charge in [-0.15, -0.1) is 0 Å². The lowest BCUT2D eigenvalue weighted by molar-refractivity contribution is -0.156. The molecule has 3 saturated heterocycles. The van der Waals surface area contributed by atoms with E-state index < -0.39 is 64.2 Å². The number of aliphatic hydroxyl groups is 1. The molecule has 3 fully saturated rings. The average molecular weight is 601 g/mol. The Balaban J connectivity index is 1.44. The Bertz CT molecular complexity index is 1480. The van der Waals surface area contributed by atoms with Gasteiger partial charge in [0.15, 0.2) is 0 Å². The standard InChI is InChI=1S/C29H36N4O8S/c1-2-14-42(39,40)32-16-19-10-4-6-13-22(30-26(35)21-12-7-9-18-8-3-5-11-20(18)21)28(37)33(19)24(17-32)27(36)31-23-15-25(34)41-29(23)38/h3,5,7-9,11-12,19,22-24,29,38H,2,4,6,10,13-17H2,1H3,(H,30,35)(H,31,36)/t19-,22-,23?,24-,29?/m0/s1. The number of amides is 3. The number of nitrogens with one attached hydrogen (secondary N) is 2. The van der Waals surface area contributed by atoms with Crippen molar-refractivity contribution in [3.63, 3.8) is 0 Å². The Hall–Kier alpha value is -3.55. The first-order valence-electron chi connectivity index (χ1n) is 14.4. The number of aliphatic hydroxyl groups excluding tert-OH is 1. The minimum Gasteiger partial charge on any atom is -0.434 e. The Morgan fingerprint density at radius 2 is 1.76 bits per heavy atom. The van der Waals surface area contributed by atoms with Gasteiger partial charge in [0.25, 0.3) is 5.91 Å². The van der Waals surface area contributed by atoms with Crippen molar-refractivity contribution in [2.45, 2.75) is 75.9 Å². The van der Waals surface area contributed by atoms with Crippen molar-refractivity contribution < 1.29 is 37.4 Å². The highest BCUT2D eigenvalue weighted by Crippen LogP contribution is 2.28. The zero-order valence-electron chi connectivity index (χ0n) is 23.4. The number of carbonyl (C=O) groups is 4. The third-order valence-electron chi connectivity index (χ3n) is 8.16. The van der Waals surface area contributed by atoms with Crippen LogP contribution in [0.5, 0.6) is 0 Å². The van der Waals surface area contributed by atoms with Gasteiger partial charge < -0.3 is 25.4 Å². The van der Waals surface area contributed by atoms with Gasteiger partial charge >= 0.3 is 5.97 Å². The summed E-state index contributed by atoms with van der Waals surface area (Å²) < 4.78 is 32.2. The van der Waals surface area contributed by atoms with Crippen LogP contribution in [0.15, 0.2) is 42.5 Å². The molecule has 13 heteroatoms. The summed E-state index contributed by atoms with van der Waals surface area (Å²) in [7, 11) is -3.71. The molecule has 12 nitrogen and oxygen atoms in total. The quantitative estimate of drug-likeness (QED) is 0.395. The van der Waals surface area contributed by atoms with E-state index in [0.717, 1.165) is 10.8 Å². The molecule has 2 aromatic carbocycles. The summed E-state index contributed by atoms with van der Waals surface area (Å²) in [5.74, 6) is -2.38. The van der Waals surface area contributed by atoms with Gasteiger partial charge in [0.2, 0.25) is 28.1 Å². The maximum Gasteiger partial charge on any atom is 0.310 e. The molecule has 0 saturated carbocycles. The monoisotopic (exact) mass is 600 g/mol. The number of sulfonamides is 1. The molecule has 3 aliphatic heterocycles. The second-order valence-electron chi connectivity index (χ2n) is 11.1. The summed E-state index contributed by atoms with van der Waals surface area (Å²) >= 11 is 0. The zero-order chi connectivity index (χ0) is 30.0. The van der Waals surface area contributed by atoms with E-state index >= 15 is 0 Å². The number of piperazine rings is 1. The molecule has 0 radical (unpaired) electrons. The van der Waals surface area contributed by atoms with Gasteiger partial charge in [-0.3, -0.25) is 19.2 Å². The van der Waals surface area contributed by atoms with Gasteiger partial charge in [0, 0.05) is 24.7 Å². The second-order valence-corrected chi connectivity index (χ2v) is 13.2. The molecule has 42 heavy (non-hydrogen) atoms. The summed E-state index contributed by atoms with van der Waals surface area (Å²) in [5, 5.41) is 17.2. The maximum atomic E-state index is 14.1. The molecular formula is C29H36N4O8S. The largest absolute Gasteiger partial charge is 0.434 e. The van der Waals surface area contributed by atoms with Gasteiger partial charge in [0.05, 0.1) is 12.2 Å². The molecule has 2 aromatic rings. The van der Waals surface area contributed by atoms with E-state index in [0.29, 0.717) is 37.7 Å². The Morgan fingerprint density at radius 1 is 1.02 bits per heavy atom. The van der Waals surface area contributed by atoms with Gasteiger partial charge in [-0.1, -0.05) is 56.2 Å². The fourth-order valence-electron chi connectivity index (χ4n) is 6.09. The summed E-state index contributed by atoms with van der Waals surface area (Å²) in [6.45, 7) is 1.51. The number of hydrogen-bond acceptors (Lipinski definition) is 8. The van der Waals surface area contributed by atoms with Crippen LogP contribution >= 0.6 is 0 Å². The molecule has 0 spiro atoms.